The first-order valence-electron chi connectivity index (χ1n) is 5.15. The average Bonchev–Trinajstić information content (AvgIpc) is 2.28. The molecule has 0 N–H and O–H groups in total. The van der Waals surface area contributed by atoms with Crippen LogP contribution in [0.25, 0.3) is 0 Å². The third kappa shape index (κ3) is 3.77. The van der Waals surface area contributed by atoms with Crippen molar-refractivity contribution in [1.82, 2.24) is 0 Å². The standard InChI is InChI=1S/C12H14ClNO3/c1-8(2)17-12-9(6-14-7-15)4-10(13)5-11(12)16-3/h4-5,8H,6H2,1-3H3. The van der Waals surface area contributed by atoms with Crippen LogP contribution in [0.15, 0.2) is 17.1 Å². The van der Waals surface area contributed by atoms with E-state index in [1.54, 1.807) is 12.1 Å². The van der Waals surface area contributed by atoms with E-state index in [0.717, 1.165) is 0 Å². The summed E-state index contributed by atoms with van der Waals surface area (Å²) in [7, 11) is 1.53. The third-order valence-corrected chi connectivity index (χ3v) is 2.20. The minimum Gasteiger partial charge on any atom is -0.493 e. The van der Waals surface area contributed by atoms with Crippen molar-refractivity contribution in [1.29, 1.82) is 0 Å². The van der Waals surface area contributed by atoms with E-state index in [-0.39, 0.29) is 12.6 Å². The van der Waals surface area contributed by atoms with Crippen LogP contribution in [0.3, 0.4) is 0 Å². The molecule has 17 heavy (non-hydrogen) atoms. The van der Waals surface area contributed by atoms with E-state index in [1.165, 1.54) is 13.2 Å². The molecular weight excluding hydrogens is 242 g/mol. The number of nitrogens with zero attached hydrogens (tertiary/aromatic N) is 1. The van der Waals surface area contributed by atoms with Gasteiger partial charge in [0.25, 0.3) is 0 Å². The van der Waals surface area contributed by atoms with Crippen LogP contribution in [0.4, 0.5) is 0 Å². The van der Waals surface area contributed by atoms with Gasteiger partial charge in [0, 0.05) is 16.7 Å². The Morgan fingerprint density at radius 2 is 2.18 bits per heavy atom. The van der Waals surface area contributed by atoms with Gasteiger partial charge < -0.3 is 9.47 Å². The van der Waals surface area contributed by atoms with Crippen molar-refractivity contribution in [3.05, 3.63) is 22.7 Å². The van der Waals surface area contributed by atoms with Crippen LogP contribution >= 0.6 is 11.6 Å². The first-order valence-corrected chi connectivity index (χ1v) is 5.53. The van der Waals surface area contributed by atoms with Crippen molar-refractivity contribution < 1.29 is 14.3 Å². The number of methoxy groups -OCH3 is 1. The highest BCUT2D eigenvalue weighted by molar-refractivity contribution is 6.30. The summed E-state index contributed by atoms with van der Waals surface area (Å²) >= 11 is 5.94. The van der Waals surface area contributed by atoms with Gasteiger partial charge in [0.15, 0.2) is 11.5 Å². The molecule has 0 amide bonds. The zero-order chi connectivity index (χ0) is 12.8. The molecule has 92 valence electrons. The predicted molar refractivity (Wildman–Crippen MR) is 65.6 cm³/mol. The Morgan fingerprint density at radius 3 is 2.71 bits per heavy atom. The van der Waals surface area contributed by atoms with E-state index in [4.69, 9.17) is 21.1 Å². The van der Waals surface area contributed by atoms with Gasteiger partial charge in [-0.05, 0) is 19.9 Å². The van der Waals surface area contributed by atoms with Gasteiger partial charge in [0.2, 0.25) is 6.08 Å². The molecule has 0 aliphatic heterocycles. The summed E-state index contributed by atoms with van der Waals surface area (Å²) in [5.74, 6) is 1.09. The fraction of sp³-hybridized carbons (Fsp3) is 0.417. The molecule has 0 fully saturated rings. The first kappa shape index (κ1) is 13.6. The second-order valence-corrected chi connectivity index (χ2v) is 4.11. The number of rotatable bonds is 5. The van der Waals surface area contributed by atoms with Crippen LogP contribution < -0.4 is 9.47 Å². The monoisotopic (exact) mass is 255 g/mol. The number of aliphatic imine (C=N–C) groups is 1. The van der Waals surface area contributed by atoms with E-state index < -0.39 is 0 Å². The quantitative estimate of drug-likeness (QED) is 0.600. The minimum atomic E-state index is -0.0102. The predicted octanol–water partition coefficient (Wildman–Crippen LogP) is 2.97. The zero-order valence-corrected chi connectivity index (χ0v) is 10.7. The Hall–Kier alpha value is -1.51. The average molecular weight is 256 g/mol. The molecule has 0 saturated carbocycles. The van der Waals surface area contributed by atoms with Crippen molar-refractivity contribution in [2.75, 3.05) is 7.11 Å². The number of ether oxygens (including phenoxy) is 2. The van der Waals surface area contributed by atoms with Crippen molar-refractivity contribution in [3.8, 4) is 11.5 Å². The van der Waals surface area contributed by atoms with Gasteiger partial charge in [-0.3, -0.25) is 0 Å². The number of isocyanates is 1. The molecule has 4 nitrogen and oxygen atoms in total. The van der Waals surface area contributed by atoms with Gasteiger partial charge in [0.1, 0.15) is 0 Å². The summed E-state index contributed by atoms with van der Waals surface area (Å²) in [4.78, 5) is 13.7. The van der Waals surface area contributed by atoms with Crippen LogP contribution in [0.2, 0.25) is 5.02 Å². The second kappa shape index (κ2) is 6.28. The molecule has 0 aromatic heterocycles. The van der Waals surface area contributed by atoms with Gasteiger partial charge in [-0.1, -0.05) is 11.6 Å². The number of carbonyl (C=O) groups excluding carboxylic acids is 1. The summed E-state index contributed by atoms with van der Waals surface area (Å²) in [5, 5.41) is 0.508. The fourth-order valence-corrected chi connectivity index (χ4v) is 1.61. The van der Waals surface area contributed by atoms with Crippen LogP contribution in [0.5, 0.6) is 11.5 Å². The Balaban J connectivity index is 3.22. The maximum atomic E-state index is 10.2. The summed E-state index contributed by atoms with van der Waals surface area (Å²) in [5.41, 5.74) is 0.700. The van der Waals surface area contributed by atoms with Crippen molar-refractivity contribution in [3.63, 3.8) is 0 Å². The van der Waals surface area contributed by atoms with Crippen LogP contribution in [-0.4, -0.2) is 19.3 Å². The normalized spacial score (nSPS) is 9.94. The van der Waals surface area contributed by atoms with Gasteiger partial charge in [0.05, 0.1) is 19.8 Å². The maximum Gasteiger partial charge on any atom is 0.235 e. The molecule has 1 rings (SSSR count). The first-order chi connectivity index (χ1) is 8.08. The van der Waals surface area contributed by atoms with Crippen molar-refractivity contribution >= 4 is 17.7 Å². The van der Waals surface area contributed by atoms with Crippen molar-refractivity contribution in [2.24, 2.45) is 4.99 Å². The Kier molecular flexibility index (Phi) is 5.01. The lowest BCUT2D eigenvalue weighted by atomic mass is 10.2. The lowest BCUT2D eigenvalue weighted by molar-refractivity contribution is 0.227. The smallest absolute Gasteiger partial charge is 0.235 e. The van der Waals surface area contributed by atoms with Crippen LogP contribution in [0.1, 0.15) is 19.4 Å². The van der Waals surface area contributed by atoms with Crippen LogP contribution in [0, 0.1) is 0 Å². The molecule has 1 aromatic carbocycles. The molecule has 0 bridgehead atoms. The Morgan fingerprint density at radius 1 is 1.47 bits per heavy atom. The number of benzene rings is 1. The maximum absolute atomic E-state index is 10.2. The second-order valence-electron chi connectivity index (χ2n) is 3.67. The number of hydrogen-bond donors (Lipinski definition) is 0. The lowest BCUT2D eigenvalue weighted by Crippen LogP contribution is -2.08. The summed E-state index contributed by atoms with van der Waals surface area (Å²) in [6, 6.07) is 3.36. The zero-order valence-electron chi connectivity index (χ0n) is 9.99. The van der Waals surface area contributed by atoms with Gasteiger partial charge in [-0.2, -0.15) is 0 Å². The number of hydrogen-bond acceptors (Lipinski definition) is 4. The topological polar surface area (TPSA) is 47.9 Å². The molecule has 0 heterocycles. The lowest BCUT2D eigenvalue weighted by Gasteiger charge is -2.16. The molecule has 0 aliphatic carbocycles. The molecule has 0 unspecified atom stereocenters. The van der Waals surface area contributed by atoms with E-state index in [9.17, 15) is 4.79 Å². The SMILES string of the molecule is COc1cc(Cl)cc(CN=C=O)c1OC(C)C. The molecule has 5 heteroatoms. The highest BCUT2D eigenvalue weighted by Gasteiger charge is 2.13. The molecular formula is C12H14ClNO3. The molecule has 1 aromatic rings. The van der Waals surface area contributed by atoms with E-state index in [1.807, 2.05) is 13.8 Å². The third-order valence-electron chi connectivity index (χ3n) is 1.98. The van der Waals surface area contributed by atoms with Gasteiger partial charge in [-0.15, -0.1) is 0 Å². The van der Waals surface area contributed by atoms with Gasteiger partial charge in [-0.25, -0.2) is 9.79 Å². The van der Waals surface area contributed by atoms with E-state index >= 15 is 0 Å². The summed E-state index contributed by atoms with van der Waals surface area (Å²) in [6.07, 6.45) is 1.48. The largest absolute Gasteiger partial charge is 0.493 e. The summed E-state index contributed by atoms with van der Waals surface area (Å²) < 4.78 is 10.8. The molecule has 0 aliphatic rings. The van der Waals surface area contributed by atoms with E-state index in [2.05, 4.69) is 4.99 Å². The highest BCUT2D eigenvalue weighted by atomic mass is 35.5. The van der Waals surface area contributed by atoms with E-state index in [0.29, 0.717) is 22.1 Å². The minimum absolute atomic E-state index is 0.0102. The molecule has 0 atom stereocenters. The van der Waals surface area contributed by atoms with Gasteiger partial charge >= 0.3 is 0 Å². The van der Waals surface area contributed by atoms with Crippen molar-refractivity contribution in [2.45, 2.75) is 26.5 Å². The molecule has 0 spiro atoms. The number of halogens is 1. The van der Waals surface area contributed by atoms with Crippen LogP contribution in [-0.2, 0) is 11.3 Å². The summed E-state index contributed by atoms with van der Waals surface area (Å²) in [6.45, 7) is 3.98. The molecule has 0 saturated heterocycles. The fourth-order valence-electron chi connectivity index (χ4n) is 1.38. The highest BCUT2D eigenvalue weighted by Crippen LogP contribution is 2.35. The Labute approximate surface area is 105 Å². The molecule has 0 radical (unpaired) electrons. The Bertz CT molecular complexity index is 440.